The Morgan fingerprint density at radius 2 is 2.23 bits per heavy atom. The molecule has 0 radical (unpaired) electrons. The molecule has 4 nitrogen and oxygen atoms in total. The van der Waals surface area contributed by atoms with E-state index in [-0.39, 0.29) is 5.82 Å². The minimum atomic E-state index is -0.647. The second-order valence-corrected chi connectivity index (χ2v) is 6.10. The monoisotopic (exact) mass is 317 g/mol. The summed E-state index contributed by atoms with van der Waals surface area (Å²) in [5, 5.41) is 18.5. The molecule has 0 saturated carbocycles. The smallest absolute Gasteiger partial charge is 0.153 e. The van der Waals surface area contributed by atoms with E-state index in [1.807, 2.05) is 11.4 Å². The van der Waals surface area contributed by atoms with Crippen LogP contribution in [0.1, 0.15) is 34.4 Å². The molecule has 0 spiro atoms. The number of hydrogen-bond donors (Lipinski definition) is 2. The second-order valence-electron chi connectivity index (χ2n) is 5.10. The van der Waals surface area contributed by atoms with Gasteiger partial charge in [-0.1, -0.05) is 12.1 Å². The zero-order valence-electron chi connectivity index (χ0n) is 11.9. The van der Waals surface area contributed by atoms with E-state index < -0.39 is 6.10 Å². The van der Waals surface area contributed by atoms with Crippen molar-refractivity contribution in [2.45, 2.75) is 25.4 Å². The number of benzene rings is 1. The Balaban J connectivity index is 1.65. The topological polar surface area (TPSA) is 61.8 Å². The van der Waals surface area contributed by atoms with Gasteiger partial charge in [-0.25, -0.2) is 9.37 Å². The minimum Gasteiger partial charge on any atom is -0.385 e. The maximum Gasteiger partial charge on any atom is 0.153 e. The molecule has 1 atom stereocenters. The lowest BCUT2D eigenvalue weighted by Crippen LogP contribution is -2.02. The molecule has 1 unspecified atom stereocenters. The number of halogens is 1. The summed E-state index contributed by atoms with van der Waals surface area (Å²) in [4.78, 5) is 5.17. The summed E-state index contributed by atoms with van der Waals surface area (Å²) in [6.45, 7) is 0. The van der Waals surface area contributed by atoms with Crippen LogP contribution in [0, 0.1) is 5.82 Å². The highest BCUT2D eigenvalue weighted by atomic mass is 32.1. The van der Waals surface area contributed by atoms with E-state index >= 15 is 0 Å². The molecule has 0 amide bonds. The van der Waals surface area contributed by atoms with Gasteiger partial charge in [0.05, 0.1) is 0 Å². The van der Waals surface area contributed by atoms with E-state index in [0.717, 1.165) is 12.0 Å². The summed E-state index contributed by atoms with van der Waals surface area (Å²) in [7, 11) is 0. The molecular weight excluding hydrogens is 301 g/mol. The van der Waals surface area contributed by atoms with Gasteiger partial charge in [0.2, 0.25) is 0 Å². The molecule has 0 bridgehead atoms. The molecule has 6 heteroatoms. The summed E-state index contributed by atoms with van der Waals surface area (Å²) in [5.74, 6) is 0.276. The lowest BCUT2D eigenvalue weighted by molar-refractivity contribution is 0.158. The van der Waals surface area contributed by atoms with Crippen molar-refractivity contribution in [1.29, 1.82) is 0 Å². The van der Waals surface area contributed by atoms with Crippen molar-refractivity contribution in [3.05, 3.63) is 69.7 Å². The Morgan fingerprint density at radius 3 is 3.00 bits per heavy atom. The third-order valence-corrected chi connectivity index (χ3v) is 4.54. The predicted molar refractivity (Wildman–Crippen MR) is 83.2 cm³/mol. The van der Waals surface area contributed by atoms with E-state index in [4.69, 9.17) is 0 Å². The van der Waals surface area contributed by atoms with Crippen LogP contribution in [0.15, 0.2) is 42.0 Å². The molecule has 0 aliphatic heterocycles. The van der Waals surface area contributed by atoms with Crippen LogP contribution in [-0.4, -0.2) is 20.3 Å². The molecule has 2 heterocycles. The van der Waals surface area contributed by atoms with Gasteiger partial charge in [0, 0.05) is 4.88 Å². The number of aryl methyl sites for hydroxylation is 1. The Bertz CT molecular complexity index is 727. The summed E-state index contributed by atoms with van der Waals surface area (Å²) in [6.07, 6.45) is 2.77. The molecule has 0 aliphatic carbocycles. The number of H-pyrrole nitrogens is 1. The third kappa shape index (κ3) is 3.58. The van der Waals surface area contributed by atoms with Crippen molar-refractivity contribution < 1.29 is 9.50 Å². The Hall–Kier alpha value is -2.05. The van der Waals surface area contributed by atoms with Gasteiger partial charge in [-0.3, -0.25) is 5.10 Å². The van der Waals surface area contributed by atoms with Crippen LogP contribution in [0.2, 0.25) is 0 Å². The van der Waals surface area contributed by atoms with Crippen LogP contribution in [0.3, 0.4) is 0 Å². The highest BCUT2D eigenvalue weighted by Crippen LogP contribution is 2.24. The first-order valence-electron chi connectivity index (χ1n) is 7.05. The standard InChI is InChI=1S/C16H16FN3OS/c17-13-3-1-2-11(9-13)8-12-6-7-22-15(12)5-4-14(21)16-18-10-19-20-16/h1-3,6-7,9-10,14,21H,4-5,8H2,(H,18,19,20). The average molecular weight is 317 g/mol. The molecule has 0 fully saturated rings. The summed E-state index contributed by atoms with van der Waals surface area (Å²) in [6, 6.07) is 8.72. The first-order valence-corrected chi connectivity index (χ1v) is 7.93. The van der Waals surface area contributed by atoms with E-state index in [9.17, 15) is 9.50 Å². The molecule has 3 aromatic rings. The highest BCUT2D eigenvalue weighted by Gasteiger charge is 2.13. The van der Waals surface area contributed by atoms with Crippen molar-refractivity contribution in [2.75, 3.05) is 0 Å². The van der Waals surface area contributed by atoms with Crippen molar-refractivity contribution in [3.63, 3.8) is 0 Å². The van der Waals surface area contributed by atoms with Crippen LogP contribution in [0.25, 0.3) is 0 Å². The highest BCUT2D eigenvalue weighted by molar-refractivity contribution is 7.10. The van der Waals surface area contributed by atoms with Gasteiger partial charge in [0.25, 0.3) is 0 Å². The van der Waals surface area contributed by atoms with Gasteiger partial charge < -0.3 is 5.11 Å². The molecule has 3 rings (SSSR count). The number of thiophene rings is 1. The number of aromatic nitrogens is 3. The predicted octanol–water partition coefficient (Wildman–Crippen LogP) is 3.26. The third-order valence-electron chi connectivity index (χ3n) is 3.52. The van der Waals surface area contributed by atoms with Crippen molar-refractivity contribution in [1.82, 2.24) is 15.2 Å². The van der Waals surface area contributed by atoms with Crippen LogP contribution in [-0.2, 0) is 12.8 Å². The van der Waals surface area contributed by atoms with Crippen LogP contribution in [0.5, 0.6) is 0 Å². The zero-order valence-corrected chi connectivity index (χ0v) is 12.7. The van der Waals surface area contributed by atoms with Gasteiger partial charge >= 0.3 is 0 Å². The van der Waals surface area contributed by atoms with Gasteiger partial charge in [-0.05, 0) is 54.0 Å². The number of nitrogens with one attached hydrogen (secondary N) is 1. The quantitative estimate of drug-likeness (QED) is 0.733. The summed E-state index contributed by atoms with van der Waals surface area (Å²) < 4.78 is 13.3. The lowest BCUT2D eigenvalue weighted by Gasteiger charge is -2.08. The summed E-state index contributed by atoms with van der Waals surface area (Å²) >= 11 is 1.66. The Morgan fingerprint density at radius 1 is 1.32 bits per heavy atom. The number of nitrogens with zero attached hydrogens (tertiary/aromatic N) is 2. The Kier molecular flexibility index (Phi) is 4.60. The molecule has 1 aromatic carbocycles. The van der Waals surface area contributed by atoms with E-state index in [2.05, 4.69) is 21.2 Å². The number of hydrogen-bond acceptors (Lipinski definition) is 4. The number of rotatable bonds is 6. The molecule has 22 heavy (non-hydrogen) atoms. The largest absolute Gasteiger partial charge is 0.385 e. The molecule has 0 saturated heterocycles. The maximum atomic E-state index is 13.3. The fourth-order valence-electron chi connectivity index (χ4n) is 2.39. The van der Waals surface area contributed by atoms with Gasteiger partial charge in [0.15, 0.2) is 5.82 Å². The van der Waals surface area contributed by atoms with Crippen LogP contribution < -0.4 is 0 Å². The van der Waals surface area contributed by atoms with Gasteiger partial charge in [0.1, 0.15) is 18.2 Å². The molecule has 114 valence electrons. The fraction of sp³-hybridized carbons (Fsp3) is 0.250. The fourth-order valence-corrected chi connectivity index (χ4v) is 3.31. The number of aliphatic hydroxyl groups excluding tert-OH is 1. The van der Waals surface area contributed by atoms with E-state index in [1.165, 1.54) is 22.8 Å². The first kappa shape index (κ1) is 14.9. The molecular formula is C16H16FN3OS. The van der Waals surface area contributed by atoms with Crippen molar-refractivity contribution in [2.24, 2.45) is 0 Å². The average Bonchev–Trinajstić information content (AvgIpc) is 3.16. The maximum absolute atomic E-state index is 13.3. The van der Waals surface area contributed by atoms with Gasteiger partial charge in [-0.2, -0.15) is 5.10 Å². The van der Waals surface area contributed by atoms with E-state index in [1.54, 1.807) is 23.5 Å². The van der Waals surface area contributed by atoms with Crippen molar-refractivity contribution >= 4 is 11.3 Å². The van der Waals surface area contributed by atoms with Gasteiger partial charge in [-0.15, -0.1) is 11.3 Å². The molecule has 2 N–H and O–H groups in total. The lowest BCUT2D eigenvalue weighted by atomic mass is 10.0. The SMILES string of the molecule is OC(CCc1sccc1Cc1cccc(F)c1)c1ncn[nH]1. The normalized spacial score (nSPS) is 12.5. The van der Waals surface area contributed by atoms with Crippen LogP contribution in [0.4, 0.5) is 4.39 Å². The Labute approximate surface area is 131 Å². The molecule has 2 aromatic heterocycles. The zero-order chi connectivity index (χ0) is 15.4. The van der Waals surface area contributed by atoms with Crippen molar-refractivity contribution in [3.8, 4) is 0 Å². The van der Waals surface area contributed by atoms with E-state index in [0.29, 0.717) is 18.7 Å². The number of aromatic amines is 1. The number of aliphatic hydroxyl groups is 1. The minimum absolute atomic E-state index is 0.213. The van der Waals surface area contributed by atoms with Crippen LogP contribution >= 0.6 is 11.3 Å². The summed E-state index contributed by atoms with van der Waals surface area (Å²) in [5.41, 5.74) is 2.14. The second kappa shape index (κ2) is 6.81. The molecule has 0 aliphatic rings. The first-order chi connectivity index (χ1) is 10.7.